The third kappa shape index (κ3) is 1.95. The molecule has 2 nitrogen and oxygen atoms in total. The molecular weight excluding hydrogens is 176 g/mol. The first kappa shape index (κ1) is 10.8. The van der Waals surface area contributed by atoms with Crippen LogP contribution in [0.1, 0.15) is 13.8 Å². The molecule has 0 spiro atoms. The fourth-order valence-corrected chi connectivity index (χ4v) is 1.84. The van der Waals surface area contributed by atoms with Crippen LogP contribution < -0.4 is 0 Å². The summed E-state index contributed by atoms with van der Waals surface area (Å²) in [4.78, 5) is 10.8. The minimum Gasteiger partial charge on any atom is -0.481 e. The third-order valence-electron chi connectivity index (χ3n) is 2.85. The third-order valence-corrected chi connectivity index (χ3v) is 2.85. The molecule has 76 valence electrons. The largest absolute Gasteiger partial charge is 0.481 e. The predicted octanol–water partition coefficient (Wildman–Crippen LogP) is 2.64. The molecule has 1 aliphatic rings. The molecule has 1 fully saturated rings. The molecular formula is C12H16O2. The monoisotopic (exact) mass is 192 g/mol. The zero-order valence-electron chi connectivity index (χ0n) is 8.60. The standard InChI is InChI=1S/C12H16O2/c1-4-5-6-7-8-9-10(11(13)14)12(9,2)3/h4-10H,1H2,2-3H3,(H,13,14). The molecule has 1 rings (SSSR count). The van der Waals surface area contributed by atoms with Crippen molar-refractivity contribution >= 4 is 5.97 Å². The van der Waals surface area contributed by atoms with Crippen molar-refractivity contribution in [1.82, 2.24) is 0 Å². The Hall–Kier alpha value is -1.31. The molecule has 0 aromatic heterocycles. The van der Waals surface area contributed by atoms with Crippen molar-refractivity contribution in [1.29, 1.82) is 0 Å². The number of allylic oxidation sites excluding steroid dienone is 5. The summed E-state index contributed by atoms with van der Waals surface area (Å²) in [5, 5.41) is 8.89. The van der Waals surface area contributed by atoms with Crippen LogP contribution in [0.4, 0.5) is 0 Å². The molecule has 1 N–H and O–H groups in total. The molecule has 0 aromatic carbocycles. The van der Waals surface area contributed by atoms with E-state index in [2.05, 4.69) is 6.58 Å². The van der Waals surface area contributed by atoms with E-state index in [1.54, 1.807) is 6.08 Å². The molecule has 0 radical (unpaired) electrons. The van der Waals surface area contributed by atoms with Gasteiger partial charge in [0.1, 0.15) is 0 Å². The van der Waals surface area contributed by atoms with E-state index in [0.29, 0.717) is 0 Å². The first-order chi connectivity index (χ1) is 6.51. The molecule has 2 heteroatoms. The van der Waals surface area contributed by atoms with Gasteiger partial charge in [0, 0.05) is 0 Å². The number of aliphatic carboxylic acids is 1. The summed E-state index contributed by atoms with van der Waals surface area (Å²) in [6, 6.07) is 0. The molecule has 0 aliphatic heterocycles. The van der Waals surface area contributed by atoms with E-state index < -0.39 is 5.97 Å². The van der Waals surface area contributed by atoms with Gasteiger partial charge in [-0.15, -0.1) is 0 Å². The van der Waals surface area contributed by atoms with E-state index in [0.717, 1.165) is 0 Å². The number of hydrogen-bond acceptors (Lipinski definition) is 1. The Kier molecular flexibility index (Phi) is 2.94. The van der Waals surface area contributed by atoms with Crippen LogP contribution in [0.2, 0.25) is 0 Å². The van der Waals surface area contributed by atoms with Gasteiger partial charge in [0.05, 0.1) is 5.92 Å². The van der Waals surface area contributed by atoms with E-state index in [9.17, 15) is 4.79 Å². The number of rotatable bonds is 4. The zero-order chi connectivity index (χ0) is 10.8. The van der Waals surface area contributed by atoms with Gasteiger partial charge in [-0.25, -0.2) is 0 Å². The molecule has 0 amide bonds. The molecule has 1 aliphatic carbocycles. The Morgan fingerprint density at radius 2 is 2.00 bits per heavy atom. The lowest BCUT2D eigenvalue weighted by molar-refractivity contribution is -0.139. The van der Waals surface area contributed by atoms with Crippen LogP contribution in [-0.2, 0) is 4.79 Å². The second-order valence-electron chi connectivity index (χ2n) is 4.17. The minimum absolute atomic E-state index is 0.0929. The number of carboxylic acid groups (broad SMARTS) is 1. The fourth-order valence-electron chi connectivity index (χ4n) is 1.84. The average molecular weight is 192 g/mol. The Labute approximate surface area is 84.6 Å². The highest BCUT2D eigenvalue weighted by atomic mass is 16.4. The second kappa shape index (κ2) is 3.82. The van der Waals surface area contributed by atoms with Crippen LogP contribution in [-0.4, -0.2) is 11.1 Å². The molecule has 0 saturated heterocycles. The van der Waals surface area contributed by atoms with Crippen LogP contribution in [0.25, 0.3) is 0 Å². The summed E-state index contributed by atoms with van der Waals surface area (Å²) in [5.74, 6) is -0.761. The highest BCUT2D eigenvalue weighted by molar-refractivity contribution is 5.76. The molecule has 1 saturated carbocycles. The summed E-state index contributed by atoms with van der Waals surface area (Å²) in [5.41, 5.74) is -0.0929. The second-order valence-corrected chi connectivity index (χ2v) is 4.17. The highest BCUT2D eigenvalue weighted by Crippen LogP contribution is 2.58. The van der Waals surface area contributed by atoms with Gasteiger partial charge >= 0.3 is 5.97 Å². The molecule has 2 unspecified atom stereocenters. The van der Waals surface area contributed by atoms with Crippen molar-refractivity contribution < 1.29 is 9.90 Å². The molecule has 0 heterocycles. The number of hydrogen-bond donors (Lipinski definition) is 1. The highest BCUT2D eigenvalue weighted by Gasteiger charge is 2.60. The first-order valence-electron chi connectivity index (χ1n) is 4.70. The summed E-state index contributed by atoms with van der Waals surface area (Å²) in [7, 11) is 0. The van der Waals surface area contributed by atoms with Gasteiger partial charge in [-0.1, -0.05) is 50.8 Å². The van der Waals surface area contributed by atoms with Crippen LogP contribution in [0.3, 0.4) is 0 Å². The van der Waals surface area contributed by atoms with Crippen molar-refractivity contribution in [3.8, 4) is 0 Å². The van der Waals surface area contributed by atoms with E-state index >= 15 is 0 Å². The number of carbonyl (C=O) groups is 1. The van der Waals surface area contributed by atoms with Crippen LogP contribution in [0.5, 0.6) is 0 Å². The molecule has 0 bridgehead atoms. The molecule has 2 atom stereocenters. The van der Waals surface area contributed by atoms with Gasteiger partial charge in [0.15, 0.2) is 0 Å². The van der Waals surface area contributed by atoms with Crippen LogP contribution in [0, 0.1) is 17.3 Å². The topological polar surface area (TPSA) is 37.3 Å². The zero-order valence-corrected chi connectivity index (χ0v) is 8.60. The maximum Gasteiger partial charge on any atom is 0.307 e. The van der Waals surface area contributed by atoms with Crippen LogP contribution >= 0.6 is 0 Å². The maximum absolute atomic E-state index is 10.8. The van der Waals surface area contributed by atoms with E-state index in [-0.39, 0.29) is 17.3 Å². The van der Waals surface area contributed by atoms with Crippen molar-refractivity contribution in [2.75, 3.05) is 0 Å². The molecule has 0 aromatic rings. The van der Waals surface area contributed by atoms with Gasteiger partial charge in [-0.2, -0.15) is 0 Å². The Morgan fingerprint density at radius 1 is 1.36 bits per heavy atom. The van der Waals surface area contributed by atoms with E-state index in [4.69, 9.17) is 5.11 Å². The first-order valence-corrected chi connectivity index (χ1v) is 4.70. The van der Waals surface area contributed by atoms with Crippen LogP contribution in [0.15, 0.2) is 37.0 Å². The lowest BCUT2D eigenvalue weighted by Gasteiger charge is -1.95. The lowest BCUT2D eigenvalue weighted by Crippen LogP contribution is -2.02. The van der Waals surface area contributed by atoms with Gasteiger partial charge < -0.3 is 5.11 Å². The van der Waals surface area contributed by atoms with E-state index in [1.165, 1.54) is 0 Å². The average Bonchev–Trinajstić information content (AvgIpc) is 2.62. The fraction of sp³-hybridized carbons (Fsp3) is 0.417. The van der Waals surface area contributed by atoms with Crippen molar-refractivity contribution in [2.45, 2.75) is 13.8 Å². The van der Waals surface area contributed by atoms with E-state index in [1.807, 2.05) is 38.2 Å². The van der Waals surface area contributed by atoms with Gasteiger partial charge in [0.25, 0.3) is 0 Å². The quantitative estimate of drug-likeness (QED) is 0.695. The van der Waals surface area contributed by atoms with Gasteiger partial charge in [-0.05, 0) is 11.3 Å². The SMILES string of the molecule is C=CC=CC=CC1C(C(=O)O)C1(C)C. The minimum atomic E-state index is -0.697. The Balaban J connectivity index is 2.57. The Bertz CT molecular complexity index is 297. The summed E-state index contributed by atoms with van der Waals surface area (Å²) in [6.45, 7) is 7.52. The smallest absolute Gasteiger partial charge is 0.307 e. The Morgan fingerprint density at radius 3 is 2.43 bits per heavy atom. The van der Waals surface area contributed by atoms with Gasteiger partial charge in [-0.3, -0.25) is 4.79 Å². The summed E-state index contributed by atoms with van der Waals surface area (Å²) >= 11 is 0. The summed E-state index contributed by atoms with van der Waals surface area (Å²) in [6.07, 6.45) is 9.22. The lowest BCUT2D eigenvalue weighted by atomic mass is 10.1. The number of carboxylic acids is 1. The predicted molar refractivity (Wildman–Crippen MR) is 56.9 cm³/mol. The normalized spacial score (nSPS) is 29.6. The van der Waals surface area contributed by atoms with Crippen molar-refractivity contribution in [2.24, 2.45) is 17.3 Å². The molecule has 14 heavy (non-hydrogen) atoms. The maximum atomic E-state index is 10.8. The van der Waals surface area contributed by atoms with Crippen molar-refractivity contribution in [3.05, 3.63) is 37.0 Å². The van der Waals surface area contributed by atoms with Crippen molar-refractivity contribution in [3.63, 3.8) is 0 Å². The van der Waals surface area contributed by atoms with Gasteiger partial charge in [0.2, 0.25) is 0 Å². The summed E-state index contributed by atoms with van der Waals surface area (Å²) < 4.78 is 0.